The molecule has 0 bridgehead atoms. The van der Waals surface area contributed by atoms with Crippen LogP contribution in [-0.4, -0.2) is 40.1 Å². The Morgan fingerprint density at radius 1 is 1.26 bits per heavy atom. The molecule has 1 amide bonds. The normalized spacial score (nSPS) is 12.3. The van der Waals surface area contributed by atoms with Crippen LogP contribution in [-0.2, 0) is 14.3 Å². The van der Waals surface area contributed by atoms with Crippen molar-refractivity contribution in [2.75, 3.05) is 27.9 Å². The van der Waals surface area contributed by atoms with Gasteiger partial charge in [0, 0.05) is 14.2 Å². The van der Waals surface area contributed by atoms with Crippen LogP contribution in [0.5, 0.6) is 5.75 Å². The summed E-state index contributed by atoms with van der Waals surface area (Å²) in [7, 11) is 4.67. The van der Waals surface area contributed by atoms with Crippen LogP contribution in [0.4, 0.5) is 0 Å². The Labute approximate surface area is 113 Å². The molecule has 5 nitrogen and oxygen atoms in total. The van der Waals surface area contributed by atoms with Crippen LogP contribution in [0.3, 0.4) is 0 Å². The van der Waals surface area contributed by atoms with E-state index in [0.29, 0.717) is 6.54 Å². The summed E-state index contributed by atoms with van der Waals surface area (Å²) in [5.74, 6) is 0.403. The highest BCUT2D eigenvalue weighted by Gasteiger charge is 2.17. The topological polar surface area (TPSA) is 56.8 Å². The Balaban J connectivity index is 2.60. The first-order chi connectivity index (χ1) is 9.12. The Hall–Kier alpha value is -1.59. The van der Waals surface area contributed by atoms with E-state index >= 15 is 0 Å². The van der Waals surface area contributed by atoms with Gasteiger partial charge < -0.3 is 19.5 Å². The molecule has 0 aliphatic rings. The third-order valence-electron chi connectivity index (χ3n) is 2.96. The summed E-state index contributed by atoms with van der Waals surface area (Å²) in [4.78, 5) is 12.0. The number of rotatable bonds is 7. The molecule has 1 aromatic rings. The van der Waals surface area contributed by atoms with Crippen molar-refractivity contribution in [2.24, 2.45) is 0 Å². The molecule has 1 aromatic carbocycles. The van der Waals surface area contributed by atoms with Crippen LogP contribution in [0.1, 0.15) is 18.4 Å². The molecule has 0 aliphatic carbocycles. The van der Waals surface area contributed by atoms with Crippen molar-refractivity contribution in [2.45, 2.75) is 19.1 Å². The summed E-state index contributed by atoms with van der Waals surface area (Å²) in [6.07, 6.45) is -0.429. The fourth-order valence-corrected chi connectivity index (χ4v) is 1.66. The van der Waals surface area contributed by atoms with E-state index in [4.69, 9.17) is 14.2 Å². The summed E-state index contributed by atoms with van der Waals surface area (Å²) in [6, 6.07) is 7.47. The van der Waals surface area contributed by atoms with Gasteiger partial charge in [-0.2, -0.15) is 0 Å². The molecule has 106 valence electrons. The second-order valence-corrected chi connectivity index (χ2v) is 4.14. The monoisotopic (exact) mass is 267 g/mol. The zero-order chi connectivity index (χ0) is 14.3. The molecule has 5 heteroatoms. The maximum absolute atomic E-state index is 12.0. The Bertz CT molecular complexity index is 404. The third kappa shape index (κ3) is 4.54. The largest absolute Gasteiger partial charge is 0.497 e. The molecule has 0 heterocycles. The van der Waals surface area contributed by atoms with Crippen molar-refractivity contribution in [1.82, 2.24) is 5.32 Å². The lowest BCUT2D eigenvalue weighted by Gasteiger charge is -2.17. The van der Waals surface area contributed by atoms with Gasteiger partial charge in [0.2, 0.25) is 5.91 Å². The SMILES string of the molecule is COc1cccc(C(C)C(=O)NCC(OC)OC)c1. The van der Waals surface area contributed by atoms with Crippen molar-refractivity contribution in [1.29, 1.82) is 0 Å². The predicted molar refractivity (Wildman–Crippen MR) is 72.2 cm³/mol. The fourth-order valence-electron chi connectivity index (χ4n) is 1.66. The van der Waals surface area contributed by atoms with E-state index in [-0.39, 0.29) is 11.8 Å². The molecule has 1 rings (SSSR count). The zero-order valence-corrected chi connectivity index (χ0v) is 11.8. The van der Waals surface area contributed by atoms with Gasteiger partial charge in [-0.25, -0.2) is 0 Å². The van der Waals surface area contributed by atoms with Crippen molar-refractivity contribution >= 4 is 5.91 Å². The highest BCUT2D eigenvalue weighted by Crippen LogP contribution is 2.20. The van der Waals surface area contributed by atoms with Crippen molar-refractivity contribution in [3.8, 4) is 5.75 Å². The lowest BCUT2D eigenvalue weighted by molar-refractivity contribution is -0.128. The van der Waals surface area contributed by atoms with Gasteiger partial charge in [-0.3, -0.25) is 4.79 Å². The maximum Gasteiger partial charge on any atom is 0.227 e. The summed E-state index contributed by atoms with van der Waals surface area (Å²) >= 11 is 0. The number of benzene rings is 1. The van der Waals surface area contributed by atoms with Crippen LogP contribution >= 0.6 is 0 Å². The minimum atomic E-state index is -0.429. The summed E-state index contributed by atoms with van der Waals surface area (Å²) in [5.41, 5.74) is 0.906. The number of carbonyl (C=O) groups excluding carboxylic acids is 1. The van der Waals surface area contributed by atoms with Gasteiger partial charge in [-0.1, -0.05) is 12.1 Å². The fraction of sp³-hybridized carbons (Fsp3) is 0.500. The van der Waals surface area contributed by atoms with Crippen LogP contribution in [0.2, 0.25) is 0 Å². The van der Waals surface area contributed by atoms with Gasteiger partial charge in [0.1, 0.15) is 5.75 Å². The lowest BCUT2D eigenvalue weighted by Crippen LogP contribution is -2.36. The van der Waals surface area contributed by atoms with Gasteiger partial charge in [-0.05, 0) is 24.6 Å². The van der Waals surface area contributed by atoms with Crippen LogP contribution in [0, 0.1) is 0 Å². The molecule has 0 fully saturated rings. The van der Waals surface area contributed by atoms with Crippen LogP contribution in [0.15, 0.2) is 24.3 Å². The van der Waals surface area contributed by atoms with E-state index in [0.717, 1.165) is 11.3 Å². The highest BCUT2D eigenvalue weighted by molar-refractivity contribution is 5.83. The highest BCUT2D eigenvalue weighted by atomic mass is 16.7. The predicted octanol–water partition coefficient (Wildman–Crippen LogP) is 1.53. The molecule has 1 unspecified atom stereocenters. The standard InChI is InChI=1S/C14H21NO4/c1-10(11-6-5-7-12(8-11)17-2)14(16)15-9-13(18-3)19-4/h5-8,10,13H,9H2,1-4H3,(H,15,16). The van der Waals surface area contributed by atoms with E-state index in [1.54, 1.807) is 7.11 Å². The number of carbonyl (C=O) groups is 1. The van der Waals surface area contributed by atoms with E-state index in [1.807, 2.05) is 31.2 Å². The van der Waals surface area contributed by atoms with Gasteiger partial charge in [-0.15, -0.1) is 0 Å². The number of hydrogen-bond acceptors (Lipinski definition) is 4. The van der Waals surface area contributed by atoms with Crippen molar-refractivity contribution in [3.05, 3.63) is 29.8 Å². The molecular weight excluding hydrogens is 246 g/mol. The number of amides is 1. The maximum atomic E-state index is 12.0. The second kappa shape index (κ2) is 7.76. The first kappa shape index (κ1) is 15.5. The number of nitrogens with one attached hydrogen (secondary N) is 1. The summed E-state index contributed by atoms with van der Waals surface area (Å²) in [5, 5.41) is 2.79. The molecule has 0 radical (unpaired) electrons. The quantitative estimate of drug-likeness (QED) is 0.761. The molecule has 0 aliphatic heterocycles. The Morgan fingerprint density at radius 2 is 1.95 bits per heavy atom. The summed E-state index contributed by atoms with van der Waals surface area (Å²) < 4.78 is 15.2. The molecule has 1 atom stereocenters. The average molecular weight is 267 g/mol. The van der Waals surface area contributed by atoms with Crippen molar-refractivity contribution < 1.29 is 19.0 Å². The molecule has 0 spiro atoms. The number of ether oxygens (including phenoxy) is 3. The molecule has 0 saturated carbocycles. The molecule has 0 aromatic heterocycles. The Morgan fingerprint density at radius 3 is 2.53 bits per heavy atom. The summed E-state index contributed by atoms with van der Waals surface area (Å²) in [6.45, 7) is 2.17. The third-order valence-corrected chi connectivity index (χ3v) is 2.96. The Kier molecular flexibility index (Phi) is 6.32. The molecule has 19 heavy (non-hydrogen) atoms. The number of hydrogen-bond donors (Lipinski definition) is 1. The average Bonchev–Trinajstić information content (AvgIpc) is 2.47. The van der Waals surface area contributed by atoms with Crippen LogP contribution < -0.4 is 10.1 Å². The number of methoxy groups -OCH3 is 3. The van der Waals surface area contributed by atoms with Gasteiger partial charge in [0.15, 0.2) is 6.29 Å². The smallest absolute Gasteiger partial charge is 0.227 e. The van der Waals surface area contributed by atoms with E-state index in [9.17, 15) is 4.79 Å². The molecular formula is C14H21NO4. The van der Waals surface area contributed by atoms with Gasteiger partial charge in [0.25, 0.3) is 0 Å². The first-order valence-electron chi connectivity index (χ1n) is 6.09. The van der Waals surface area contributed by atoms with Gasteiger partial charge in [0.05, 0.1) is 19.6 Å². The zero-order valence-electron chi connectivity index (χ0n) is 11.8. The van der Waals surface area contributed by atoms with E-state index in [1.165, 1.54) is 14.2 Å². The molecule has 1 N–H and O–H groups in total. The minimum absolute atomic E-state index is 0.0765. The molecule has 0 saturated heterocycles. The van der Waals surface area contributed by atoms with Crippen molar-refractivity contribution in [3.63, 3.8) is 0 Å². The lowest BCUT2D eigenvalue weighted by atomic mass is 10.0. The first-order valence-corrected chi connectivity index (χ1v) is 6.09. The van der Waals surface area contributed by atoms with Crippen LogP contribution in [0.25, 0.3) is 0 Å². The minimum Gasteiger partial charge on any atom is -0.497 e. The van der Waals surface area contributed by atoms with Gasteiger partial charge >= 0.3 is 0 Å². The van der Waals surface area contributed by atoms with E-state index < -0.39 is 6.29 Å². The second-order valence-electron chi connectivity index (χ2n) is 4.14. The van der Waals surface area contributed by atoms with E-state index in [2.05, 4.69) is 5.32 Å².